The summed E-state index contributed by atoms with van der Waals surface area (Å²) in [5.41, 5.74) is 2.47. The van der Waals surface area contributed by atoms with E-state index in [9.17, 15) is 4.79 Å². The van der Waals surface area contributed by atoms with Crippen LogP contribution in [-0.4, -0.2) is 23.9 Å². The highest BCUT2D eigenvalue weighted by atomic mass is 16.2. The number of hydrogen-bond donors (Lipinski definition) is 0. The Morgan fingerprint density at radius 3 is 2.22 bits per heavy atom. The van der Waals surface area contributed by atoms with Crippen LogP contribution in [0, 0.1) is 5.92 Å². The van der Waals surface area contributed by atoms with Crippen LogP contribution in [0.5, 0.6) is 0 Å². The largest absolute Gasteiger partial charge is 0.339 e. The van der Waals surface area contributed by atoms with E-state index in [1.807, 2.05) is 41.3 Å². The van der Waals surface area contributed by atoms with Crippen LogP contribution in [-0.2, 0) is 11.2 Å². The third-order valence-electron chi connectivity index (χ3n) is 4.51. The monoisotopic (exact) mass is 305 g/mol. The van der Waals surface area contributed by atoms with Gasteiger partial charge in [0.25, 0.3) is 0 Å². The van der Waals surface area contributed by atoms with Gasteiger partial charge in [0.05, 0.1) is 0 Å². The van der Waals surface area contributed by atoms with Gasteiger partial charge in [0.1, 0.15) is 0 Å². The Morgan fingerprint density at radius 1 is 0.957 bits per heavy atom. The fourth-order valence-corrected chi connectivity index (χ4v) is 3.14. The molecule has 0 radical (unpaired) electrons. The molecule has 3 rings (SSSR count). The number of benzene rings is 2. The lowest BCUT2D eigenvalue weighted by Crippen LogP contribution is -2.37. The first-order valence-electron chi connectivity index (χ1n) is 8.37. The fourth-order valence-electron chi connectivity index (χ4n) is 3.14. The summed E-state index contributed by atoms with van der Waals surface area (Å²) in [6.45, 7) is 1.74. The maximum Gasteiger partial charge on any atom is 0.246 e. The summed E-state index contributed by atoms with van der Waals surface area (Å²) in [6, 6.07) is 20.6. The number of nitrogens with zero attached hydrogens (tertiary/aromatic N) is 1. The lowest BCUT2D eigenvalue weighted by Gasteiger charge is -2.31. The molecule has 0 aromatic heterocycles. The average Bonchev–Trinajstić information content (AvgIpc) is 2.62. The molecule has 2 aromatic rings. The van der Waals surface area contributed by atoms with E-state index in [-0.39, 0.29) is 5.91 Å². The molecular formula is C21H23NO. The van der Waals surface area contributed by atoms with Crippen LogP contribution in [0.4, 0.5) is 0 Å². The number of piperidine rings is 1. The van der Waals surface area contributed by atoms with Crippen molar-refractivity contribution in [2.45, 2.75) is 19.3 Å². The van der Waals surface area contributed by atoms with Crippen LogP contribution in [0.25, 0.3) is 6.08 Å². The molecule has 0 spiro atoms. The lowest BCUT2D eigenvalue weighted by molar-refractivity contribution is -0.127. The summed E-state index contributed by atoms with van der Waals surface area (Å²) in [5, 5.41) is 0. The first-order valence-corrected chi connectivity index (χ1v) is 8.37. The van der Waals surface area contributed by atoms with Gasteiger partial charge in [0.15, 0.2) is 0 Å². The van der Waals surface area contributed by atoms with Crippen molar-refractivity contribution >= 4 is 12.0 Å². The molecule has 2 nitrogen and oxygen atoms in total. The average molecular weight is 305 g/mol. The molecule has 1 fully saturated rings. The van der Waals surface area contributed by atoms with Crippen molar-refractivity contribution in [2.75, 3.05) is 13.1 Å². The first kappa shape index (κ1) is 15.5. The molecule has 0 aliphatic carbocycles. The summed E-state index contributed by atoms with van der Waals surface area (Å²) < 4.78 is 0. The molecule has 0 N–H and O–H groups in total. The van der Waals surface area contributed by atoms with E-state index in [1.54, 1.807) is 6.08 Å². The van der Waals surface area contributed by atoms with E-state index < -0.39 is 0 Å². The molecule has 0 bridgehead atoms. The zero-order chi connectivity index (χ0) is 15.9. The highest BCUT2D eigenvalue weighted by Crippen LogP contribution is 2.21. The summed E-state index contributed by atoms with van der Waals surface area (Å²) >= 11 is 0. The second-order valence-electron chi connectivity index (χ2n) is 6.20. The molecule has 2 aromatic carbocycles. The van der Waals surface area contributed by atoms with E-state index >= 15 is 0 Å². The summed E-state index contributed by atoms with van der Waals surface area (Å²) in [6.07, 6.45) is 6.92. The second-order valence-corrected chi connectivity index (χ2v) is 6.20. The first-order chi connectivity index (χ1) is 11.3. The molecular weight excluding hydrogens is 282 g/mol. The van der Waals surface area contributed by atoms with Crippen molar-refractivity contribution in [3.05, 3.63) is 77.9 Å². The summed E-state index contributed by atoms with van der Waals surface area (Å²) in [5.74, 6) is 0.826. The Kier molecular flexibility index (Phi) is 5.25. The van der Waals surface area contributed by atoms with Crippen LogP contribution < -0.4 is 0 Å². The quantitative estimate of drug-likeness (QED) is 0.776. The molecule has 1 amide bonds. The molecule has 1 saturated heterocycles. The number of likely N-dealkylation sites (tertiary alicyclic amines) is 1. The van der Waals surface area contributed by atoms with Gasteiger partial charge in [-0.25, -0.2) is 0 Å². The van der Waals surface area contributed by atoms with E-state index in [2.05, 4.69) is 30.3 Å². The molecule has 0 unspecified atom stereocenters. The van der Waals surface area contributed by atoms with Crippen LogP contribution in [0.1, 0.15) is 24.0 Å². The molecule has 0 saturated carbocycles. The summed E-state index contributed by atoms with van der Waals surface area (Å²) in [7, 11) is 0. The van der Waals surface area contributed by atoms with E-state index in [1.165, 1.54) is 5.56 Å². The smallest absolute Gasteiger partial charge is 0.246 e. The molecule has 1 heterocycles. The van der Waals surface area contributed by atoms with Crippen molar-refractivity contribution in [3.63, 3.8) is 0 Å². The Morgan fingerprint density at radius 2 is 1.57 bits per heavy atom. The van der Waals surface area contributed by atoms with Crippen molar-refractivity contribution in [3.8, 4) is 0 Å². The van der Waals surface area contributed by atoms with Gasteiger partial charge in [-0.3, -0.25) is 4.79 Å². The zero-order valence-electron chi connectivity index (χ0n) is 13.4. The molecule has 0 atom stereocenters. The predicted molar refractivity (Wildman–Crippen MR) is 94.9 cm³/mol. The SMILES string of the molecule is O=C(/C=C/c1ccccc1)N1CCC(Cc2ccccc2)CC1. The summed E-state index contributed by atoms with van der Waals surface area (Å²) in [4.78, 5) is 14.2. The Bertz CT molecular complexity index is 640. The van der Waals surface area contributed by atoms with Gasteiger partial charge in [0, 0.05) is 19.2 Å². The zero-order valence-corrected chi connectivity index (χ0v) is 13.4. The third kappa shape index (κ3) is 4.56. The normalized spacial score (nSPS) is 15.9. The Labute approximate surface area is 138 Å². The molecule has 23 heavy (non-hydrogen) atoms. The Hall–Kier alpha value is -2.35. The van der Waals surface area contributed by atoms with Crippen LogP contribution in [0.2, 0.25) is 0 Å². The van der Waals surface area contributed by atoms with Gasteiger partial charge in [-0.15, -0.1) is 0 Å². The maximum absolute atomic E-state index is 12.3. The highest BCUT2D eigenvalue weighted by Gasteiger charge is 2.21. The topological polar surface area (TPSA) is 20.3 Å². The second kappa shape index (κ2) is 7.77. The van der Waals surface area contributed by atoms with Gasteiger partial charge in [-0.2, -0.15) is 0 Å². The Balaban J connectivity index is 1.48. The van der Waals surface area contributed by atoms with E-state index in [4.69, 9.17) is 0 Å². The number of amides is 1. The van der Waals surface area contributed by atoms with Crippen molar-refractivity contribution in [1.29, 1.82) is 0 Å². The van der Waals surface area contributed by atoms with Crippen LogP contribution >= 0.6 is 0 Å². The van der Waals surface area contributed by atoms with Crippen molar-refractivity contribution in [1.82, 2.24) is 4.90 Å². The van der Waals surface area contributed by atoms with E-state index in [0.717, 1.165) is 37.9 Å². The number of hydrogen-bond acceptors (Lipinski definition) is 1. The third-order valence-corrected chi connectivity index (χ3v) is 4.51. The minimum absolute atomic E-state index is 0.131. The number of carbonyl (C=O) groups is 1. The van der Waals surface area contributed by atoms with Gasteiger partial charge in [-0.05, 0) is 42.4 Å². The van der Waals surface area contributed by atoms with Gasteiger partial charge < -0.3 is 4.90 Å². The number of carbonyl (C=O) groups excluding carboxylic acids is 1. The van der Waals surface area contributed by atoms with Crippen molar-refractivity contribution in [2.24, 2.45) is 5.92 Å². The lowest BCUT2D eigenvalue weighted by atomic mass is 9.90. The molecule has 1 aliphatic rings. The van der Waals surface area contributed by atoms with Crippen LogP contribution in [0.15, 0.2) is 66.7 Å². The van der Waals surface area contributed by atoms with Gasteiger partial charge in [0.2, 0.25) is 5.91 Å². The minimum Gasteiger partial charge on any atom is -0.339 e. The van der Waals surface area contributed by atoms with Gasteiger partial charge in [-0.1, -0.05) is 60.7 Å². The van der Waals surface area contributed by atoms with Crippen molar-refractivity contribution < 1.29 is 4.79 Å². The van der Waals surface area contributed by atoms with Crippen LogP contribution in [0.3, 0.4) is 0 Å². The molecule has 1 aliphatic heterocycles. The minimum atomic E-state index is 0.131. The fraction of sp³-hybridized carbons (Fsp3) is 0.286. The number of rotatable bonds is 4. The standard InChI is InChI=1S/C21H23NO/c23-21(12-11-18-7-3-1-4-8-18)22-15-13-20(14-16-22)17-19-9-5-2-6-10-19/h1-12,20H,13-17H2/b12-11+. The predicted octanol–water partition coefficient (Wildman–Crippen LogP) is 4.18. The maximum atomic E-state index is 12.3. The molecule has 118 valence electrons. The molecule has 2 heteroatoms. The van der Waals surface area contributed by atoms with E-state index in [0.29, 0.717) is 5.92 Å². The highest BCUT2D eigenvalue weighted by molar-refractivity contribution is 5.91. The van der Waals surface area contributed by atoms with Gasteiger partial charge >= 0.3 is 0 Å².